The molecule has 24 heavy (non-hydrogen) atoms. The molecule has 0 aliphatic carbocycles. The average molecular weight is 341 g/mol. The number of amides is 1. The molecule has 0 N–H and O–H groups in total. The fourth-order valence-electron chi connectivity index (χ4n) is 2.70. The standard InChI is InChI=1S/C19H19NO3S/c1-14(21)24-13-15-11-19(22)20(12-15)16-7-9-18(10-8-16)23-17-5-3-2-4-6-17/h2-10,15H,11-13H2,1H3. The highest BCUT2D eigenvalue weighted by Gasteiger charge is 2.30. The van der Waals surface area contributed by atoms with Gasteiger partial charge in [0.2, 0.25) is 5.91 Å². The number of thioether (sulfide) groups is 1. The summed E-state index contributed by atoms with van der Waals surface area (Å²) in [5.74, 6) is 2.56. The Morgan fingerprint density at radius 3 is 2.46 bits per heavy atom. The van der Waals surface area contributed by atoms with Gasteiger partial charge in [-0.3, -0.25) is 9.59 Å². The number of hydrogen-bond donors (Lipinski definition) is 0. The number of anilines is 1. The van der Waals surface area contributed by atoms with E-state index in [2.05, 4.69) is 0 Å². The summed E-state index contributed by atoms with van der Waals surface area (Å²) in [6.45, 7) is 2.22. The van der Waals surface area contributed by atoms with E-state index in [1.54, 1.807) is 11.8 Å². The zero-order valence-corrected chi connectivity index (χ0v) is 14.3. The van der Waals surface area contributed by atoms with Crippen LogP contribution in [-0.2, 0) is 9.59 Å². The minimum atomic E-state index is 0.100. The van der Waals surface area contributed by atoms with Crippen molar-refractivity contribution in [2.45, 2.75) is 13.3 Å². The van der Waals surface area contributed by atoms with Gasteiger partial charge in [-0.25, -0.2) is 0 Å². The van der Waals surface area contributed by atoms with Crippen molar-refractivity contribution in [3.05, 3.63) is 54.6 Å². The van der Waals surface area contributed by atoms with Gasteiger partial charge in [0.1, 0.15) is 11.5 Å². The maximum absolute atomic E-state index is 12.2. The summed E-state index contributed by atoms with van der Waals surface area (Å²) in [6, 6.07) is 17.1. The molecule has 5 heteroatoms. The quantitative estimate of drug-likeness (QED) is 0.821. The van der Waals surface area contributed by atoms with E-state index in [0.717, 1.165) is 17.2 Å². The molecule has 4 nitrogen and oxygen atoms in total. The molecule has 0 spiro atoms. The maximum atomic E-state index is 12.2. The van der Waals surface area contributed by atoms with Crippen molar-refractivity contribution < 1.29 is 14.3 Å². The first-order valence-electron chi connectivity index (χ1n) is 7.88. The Kier molecular flexibility index (Phi) is 5.20. The number of hydrogen-bond acceptors (Lipinski definition) is 4. The molecular weight excluding hydrogens is 322 g/mol. The Morgan fingerprint density at radius 1 is 1.12 bits per heavy atom. The Morgan fingerprint density at radius 2 is 1.79 bits per heavy atom. The molecule has 1 aliphatic rings. The lowest BCUT2D eigenvalue weighted by molar-refractivity contribution is -0.117. The molecule has 0 bridgehead atoms. The average Bonchev–Trinajstić information content (AvgIpc) is 2.96. The largest absolute Gasteiger partial charge is 0.457 e. The fourth-order valence-corrected chi connectivity index (χ4v) is 3.39. The predicted molar refractivity (Wildman–Crippen MR) is 96.6 cm³/mol. The molecule has 1 amide bonds. The minimum Gasteiger partial charge on any atom is -0.457 e. The molecular formula is C19H19NO3S. The van der Waals surface area contributed by atoms with Crippen LogP contribution in [0.4, 0.5) is 5.69 Å². The van der Waals surface area contributed by atoms with Crippen LogP contribution in [0.2, 0.25) is 0 Å². The Labute approximate surface area is 145 Å². The molecule has 0 saturated carbocycles. The van der Waals surface area contributed by atoms with E-state index in [4.69, 9.17) is 4.74 Å². The first-order chi connectivity index (χ1) is 11.6. The molecule has 0 radical (unpaired) electrons. The van der Waals surface area contributed by atoms with E-state index in [-0.39, 0.29) is 16.9 Å². The number of carbonyl (C=O) groups excluding carboxylic acids is 2. The highest BCUT2D eigenvalue weighted by molar-refractivity contribution is 8.13. The zero-order valence-electron chi connectivity index (χ0n) is 13.5. The molecule has 1 atom stereocenters. The number of nitrogens with zero attached hydrogens (tertiary/aromatic N) is 1. The topological polar surface area (TPSA) is 46.6 Å². The van der Waals surface area contributed by atoms with E-state index >= 15 is 0 Å². The van der Waals surface area contributed by atoms with Gasteiger partial charge in [0.15, 0.2) is 5.12 Å². The molecule has 2 aromatic rings. The smallest absolute Gasteiger partial charge is 0.227 e. The summed E-state index contributed by atoms with van der Waals surface area (Å²) in [5.41, 5.74) is 0.871. The van der Waals surface area contributed by atoms with E-state index in [1.165, 1.54) is 11.8 Å². The van der Waals surface area contributed by atoms with Crippen molar-refractivity contribution >= 4 is 28.5 Å². The number of benzene rings is 2. The lowest BCUT2D eigenvalue weighted by atomic mass is 10.1. The number of ether oxygens (including phenoxy) is 1. The second-order valence-corrected chi connectivity index (χ2v) is 6.98. The summed E-state index contributed by atoms with van der Waals surface area (Å²) in [6.07, 6.45) is 0.503. The maximum Gasteiger partial charge on any atom is 0.227 e. The lowest BCUT2D eigenvalue weighted by Crippen LogP contribution is -2.24. The van der Waals surface area contributed by atoms with Gasteiger partial charge in [0.25, 0.3) is 0 Å². The fraction of sp³-hybridized carbons (Fsp3) is 0.263. The Hall–Kier alpha value is -2.27. The van der Waals surface area contributed by atoms with Crippen LogP contribution in [0, 0.1) is 5.92 Å². The van der Waals surface area contributed by atoms with Gasteiger partial charge in [0, 0.05) is 31.3 Å². The Balaban J connectivity index is 1.63. The van der Waals surface area contributed by atoms with Crippen LogP contribution in [0.1, 0.15) is 13.3 Å². The van der Waals surface area contributed by atoms with Crippen LogP contribution in [0.5, 0.6) is 11.5 Å². The third kappa shape index (κ3) is 4.17. The van der Waals surface area contributed by atoms with Crippen LogP contribution in [0.25, 0.3) is 0 Å². The molecule has 0 aromatic heterocycles. The summed E-state index contributed by atoms with van der Waals surface area (Å²) < 4.78 is 5.76. The van der Waals surface area contributed by atoms with Crippen molar-refractivity contribution in [3.63, 3.8) is 0 Å². The lowest BCUT2D eigenvalue weighted by Gasteiger charge is -2.17. The zero-order chi connectivity index (χ0) is 16.9. The first-order valence-corrected chi connectivity index (χ1v) is 8.87. The van der Waals surface area contributed by atoms with Crippen molar-refractivity contribution in [2.24, 2.45) is 5.92 Å². The van der Waals surface area contributed by atoms with E-state index in [1.807, 2.05) is 54.6 Å². The van der Waals surface area contributed by atoms with Gasteiger partial charge in [-0.1, -0.05) is 30.0 Å². The molecule has 1 saturated heterocycles. The molecule has 1 fully saturated rings. The van der Waals surface area contributed by atoms with Gasteiger partial charge >= 0.3 is 0 Å². The molecule has 1 aliphatic heterocycles. The summed E-state index contributed by atoms with van der Waals surface area (Å²) in [4.78, 5) is 25.1. The minimum absolute atomic E-state index is 0.100. The van der Waals surface area contributed by atoms with Gasteiger partial charge in [0.05, 0.1) is 0 Å². The van der Waals surface area contributed by atoms with E-state index < -0.39 is 0 Å². The van der Waals surface area contributed by atoms with Gasteiger partial charge in [-0.15, -0.1) is 0 Å². The highest BCUT2D eigenvalue weighted by atomic mass is 32.2. The molecule has 2 aromatic carbocycles. The monoisotopic (exact) mass is 341 g/mol. The predicted octanol–water partition coefficient (Wildman–Crippen LogP) is 4.11. The summed E-state index contributed by atoms with van der Waals surface area (Å²) >= 11 is 1.29. The Bertz CT molecular complexity index is 715. The van der Waals surface area contributed by atoms with Crippen LogP contribution >= 0.6 is 11.8 Å². The van der Waals surface area contributed by atoms with E-state index in [0.29, 0.717) is 18.7 Å². The second-order valence-electron chi connectivity index (χ2n) is 5.79. The normalized spacial score (nSPS) is 17.1. The van der Waals surface area contributed by atoms with Crippen molar-refractivity contribution in [1.29, 1.82) is 0 Å². The van der Waals surface area contributed by atoms with Gasteiger partial charge in [-0.2, -0.15) is 0 Å². The summed E-state index contributed by atoms with van der Waals surface area (Å²) in [7, 11) is 0. The third-order valence-corrected chi connectivity index (χ3v) is 4.90. The van der Waals surface area contributed by atoms with Crippen LogP contribution < -0.4 is 9.64 Å². The molecule has 1 heterocycles. The van der Waals surface area contributed by atoms with Gasteiger partial charge < -0.3 is 9.64 Å². The molecule has 124 valence electrons. The number of carbonyl (C=O) groups is 2. The number of rotatable bonds is 5. The third-order valence-electron chi connectivity index (χ3n) is 3.85. The second kappa shape index (κ2) is 7.53. The van der Waals surface area contributed by atoms with E-state index in [9.17, 15) is 9.59 Å². The van der Waals surface area contributed by atoms with Crippen molar-refractivity contribution in [1.82, 2.24) is 0 Å². The van der Waals surface area contributed by atoms with Crippen molar-refractivity contribution in [3.8, 4) is 11.5 Å². The van der Waals surface area contributed by atoms with Gasteiger partial charge in [-0.05, 0) is 42.3 Å². The SMILES string of the molecule is CC(=O)SCC1CC(=O)N(c2ccc(Oc3ccccc3)cc2)C1. The molecule has 1 unspecified atom stereocenters. The number of para-hydroxylation sites is 1. The van der Waals surface area contributed by atoms with Crippen LogP contribution in [-0.4, -0.2) is 23.3 Å². The van der Waals surface area contributed by atoms with Crippen LogP contribution in [0.15, 0.2) is 54.6 Å². The van der Waals surface area contributed by atoms with Crippen LogP contribution in [0.3, 0.4) is 0 Å². The summed E-state index contributed by atoms with van der Waals surface area (Å²) in [5, 5.41) is 0.100. The van der Waals surface area contributed by atoms with Crippen molar-refractivity contribution in [2.75, 3.05) is 17.2 Å². The molecule has 3 rings (SSSR count). The first kappa shape index (κ1) is 16.6. The highest BCUT2D eigenvalue weighted by Crippen LogP contribution is 2.29.